The molecule has 0 unspecified atom stereocenters. The molecule has 0 aliphatic carbocycles. The lowest BCUT2D eigenvalue weighted by Crippen LogP contribution is -1.56. The number of unbranched alkanes of at least 4 members (excludes halogenated alkanes) is 1. The van der Waals surface area contributed by atoms with Crippen molar-refractivity contribution >= 4 is 0 Å². The second kappa shape index (κ2) is 7.13. The molecule has 0 aromatic heterocycles. The van der Waals surface area contributed by atoms with Crippen molar-refractivity contribution in [1.29, 1.82) is 0 Å². The SMILES string of the molecule is Oc1ccccc1.[CH2]CC[CH2]. The van der Waals surface area contributed by atoms with Crippen LogP contribution in [0.2, 0.25) is 0 Å². The zero-order valence-electron chi connectivity index (χ0n) is 6.66. The van der Waals surface area contributed by atoms with Crippen molar-refractivity contribution in [3.63, 3.8) is 0 Å². The average molecular weight is 150 g/mol. The van der Waals surface area contributed by atoms with Crippen LogP contribution in [0.25, 0.3) is 0 Å². The number of benzene rings is 1. The highest BCUT2D eigenvalue weighted by Gasteiger charge is 1.74. The number of phenols is 1. The Morgan fingerprint density at radius 1 is 1.00 bits per heavy atom. The first-order valence-corrected chi connectivity index (χ1v) is 3.63. The number of para-hydroxylation sites is 1. The summed E-state index contributed by atoms with van der Waals surface area (Å²) in [5, 5.41) is 8.63. The van der Waals surface area contributed by atoms with E-state index in [4.69, 9.17) is 5.11 Å². The lowest BCUT2D eigenvalue weighted by Gasteiger charge is -1.82. The highest BCUT2D eigenvalue weighted by molar-refractivity contribution is 5.18. The molecule has 1 N–H and O–H groups in total. The molecule has 1 aromatic rings. The Morgan fingerprint density at radius 3 is 1.64 bits per heavy atom. The molecular formula is C10H14O. The minimum absolute atomic E-state index is 0.322. The average Bonchev–Trinajstić information content (AvgIpc) is 2.07. The summed E-state index contributed by atoms with van der Waals surface area (Å²) in [7, 11) is 0. The third-order valence-corrected chi connectivity index (χ3v) is 1.01. The molecule has 11 heavy (non-hydrogen) atoms. The Labute approximate surface area is 68.7 Å². The third kappa shape index (κ3) is 6.91. The predicted octanol–water partition coefficient (Wildman–Crippen LogP) is 2.83. The van der Waals surface area contributed by atoms with E-state index in [9.17, 15) is 0 Å². The largest absolute Gasteiger partial charge is 0.508 e. The maximum Gasteiger partial charge on any atom is 0.115 e. The van der Waals surface area contributed by atoms with E-state index in [-0.39, 0.29) is 0 Å². The Bertz CT molecular complexity index is 156. The Balaban J connectivity index is 0.000000218. The van der Waals surface area contributed by atoms with E-state index in [0.29, 0.717) is 5.75 Å². The maximum atomic E-state index is 8.63. The highest BCUT2D eigenvalue weighted by Crippen LogP contribution is 2.02. The summed E-state index contributed by atoms with van der Waals surface area (Å²) in [6, 6.07) is 8.71. The molecule has 0 spiro atoms. The van der Waals surface area contributed by atoms with Crippen molar-refractivity contribution in [2.45, 2.75) is 12.8 Å². The molecule has 0 bridgehead atoms. The molecule has 1 aromatic carbocycles. The third-order valence-electron chi connectivity index (χ3n) is 1.01. The van der Waals surface area contributed by atoms with Gasteiger partial charge < -0.3 is 5.11 Å². The molecular weight excluding hydrogens is 136 g/mol. The number of phenolic OH excluding ortho intramolecular Hbond substituents is 1. The molecule has 0 saturated carbocycles. The van der Waals surface area contributed by atoms with Gasteiger partial charge in [0.25, 0.3) is 0 Å². The van der Waals surface area contributed by atoms with E-state index < -0.39 is 0 Å². The molecule has 1 nitrogen and oxygen atoms in total. The second-order valence-corrected chi connectivity index (χ2v) is 2.04. The quantitative estimate of drug-likeness (QED) is 0.652. The zero-order chi connectivity index (χ0) is 8.53. The Kier molecular flexibility index (Phi) is 6.50. The van der Waals surface area contributed by atoms with Gasteiger partial charge in [-0.25, -0.2) is 0 Å². The van der Waals surface area contributed by atoms with Gasteiger partial charge in [0.15, 0.2) is 0 Å². The van der Waals surface area contributed by atoms with Crippen molar-refractivity contribution in [3.05, 3.63) is 44.2 Å². The van der Waals surface area contributed by atoms with Crippen molar-refractivity contribution in [2.75, 3.05) is 0 Å². The summed E-state index contributed by atoms with van der Waals surface area (Å²) in [4.78, 5) is 0. The van der Waals surface area contributed by atoms with Gasteiger partial charge in [0.2, 0.25) is 0 Å². The van der Waals surface area contributed by atoms with Crippen molar-refractivity contribution in [3.8, 4) is 5.75 Å². The normalized spacial score (nSPS) is 8.18. The molecule has 1 heteroatoms. The lowest BCUT2D eigenvalue weighted by atomic mass is 10.3. The fraction of sp³-hybridized carbons (Fsp3) is 0.200. The van der Waals surface area contributed by atoms with E-state index in [1.54, 1.807) is 24.3 Å². The molecule has 0 aliphatic rings. The van der Waals surface area contributed by atoms with Gasteiger partial charge in [0, 0.05) is 0 Å². The lowest BCUT2D eigenvalue weighted by molar-refractivity contribution is 0.475. The fourth-order valence-corrected chi connectivity index (χ4v) is 0.428. The standard InChI is InChI=1S/C6H6O.C4H8/c7-6-4-2-1-3-5-6;1-3-4-2/h1-5,7H;1-4H2. The number of rotatable bonds is 1. The van der Waals surface area contributed by atoms with Crippen molar-refractivity contribution in [2.24, 2.45) is 0 Å². The van der Waals surface area contributed by atoms with Crippen LogP contribution in [0.15, 0.2) is 30.3 Å². The Morgan fingerprint density at radius 2 is 1.45 bits per heavy atom. The van der Waals surface area contributed by atoms with Crippen LogP contribution in [0.4, 0.5) is 0 Å². The van der Waals surface area contributed by atoms with Gasteiger partial charge in [0.05, 0.1) is 0 Å². The summed E-state index contributed by atoms with van der Waals surface area (Å²) < 4.78 is 0. The van der Waals surface area contributed by atoms with Gasteiger partial charge in [-0.3, -0.25) is 0 Å². The summed E-state index contributed by atoms with van der Waals surface area (Å²) >= 11 is 0. The van der Waals surface area contributed by atoms with Crippen LogP contribution in [0, 0.1) is 13.8 Å². The van der Waals surface area contributed by atoms with Crippen molar-refractivity contribution < 1.29 is 5.11 Å². The maximum absolute atomic E-state index is 8.63. The molecule has 0 heterocycles. The van der Waals surface area contributed by atoms with Crippen LogP contribution in [0.3, 0.4) is 0 Å². The summed E-state index contributed by atoms with van der Waals surface area (Å²) in [5.74, 6) is 0.322. The second-order valence-electron chi connectivity index (χ2n) is 2.04. The molecule has 0 atom stereocenters. The molecule has 1 rings (SSSR count). The van der Waals surface area contributed by atoms with Crippen molar-refractivity contribution in [1.82, 2.24) is 0 Å². The number of hydrogen-bond donors (Lipinski definition) is 1. The first-order chi connectivity index (χ1) is 5.31. The first-order valence-electron chi connectivity index (χ1n) is 3.63. The van der Waals surface area contributed by atoms with Gasteiger partial charge in [0.1, 0.15) is 5.75 Å². The topological polar surface area (TPSA) is 20.2 Å². The minimum atomic E-state index is 0.322. The number of aromatic hydroxyl groups is 1. The first kappa shape index (κ1) is 10.0. The molecule has 0 amide bonds. The predicted molar refractivity (Wildman–Crippen MR) is 48.1 cm³/mol. The van der Waals surface area contributed by atoms with E-state index in [2.05, 4.69) is 13.8 Å². The van der Waals surface area contributed by atoms with Gasteiger partial charge in [-0.05, 0) is 12.1 Å². The van der Waals surface area contributed by atoms with Crippen LogP contribution in [0.1, 0.15) is 12.8 Å². The summed E-state index contributed by atoms with van der Waals surface area (Å²) in [5.41, 5.74) is 0. The fourth-order valence-electron chi connectivity index (χ4n) is 0.428. The molecule has 0 aliphatic heterocycles. The monoisotopic (exact) mass is 150 g/mol. The Hall–Kier alpha value is -0.980. The van der Waals surface area contributed by atoms with Gasteiger partial charge in [-0.1, -0.05) is 44.9 Å². The summed E-state index contributed by atoms with van der Waals surface area (Å²) in [6.07, 6.45) is 1.92. The smallest absolute Gasteiger partial charge is 0.115 e. The minimum Gasteiger partial charge on any atom is -0.508 e. The molecule has 2 radical (unpaired) electrons. The summed E-state index contributed by atoms with van der Waals surface area (Å²) in [6.45, 7) is 7.08. The molecule has 0 fully saturated rings. The van der Waals surface area contributed by atoms with Crippen LogP contribution in [0.5, 0.6) is 5.75 Å². The van der Waals surface area contributed by atoms with Gasteiger partial charge >= 0.3 is 0 Å². The molecule has 0 saturated heterocycles. The van der Waals surface area contributed by atoms with E-state index in [0.717, 1.165) is 12.8 Å². The number of hydrogen-bond acceptors (Lipinski definition) is 1. The van der Waals surface area contributed by atoms with Gasteiger partial charge in [-0.15, -0.1) is 0 Å². The van der Waals surface area contributed by atoms with Crippen LogP contribution >= 0.6 is 0 Å². The van der Waals surface area contributed by atoms with E-state index >= 15 is 0 Å². The van der Waals surface area contributed by atoms with Crippen LogP contribution < -0.4 is 0 Å². The van der Waals surface area contributed by atoms with E-state index in [1.165, 1.54) is 0 Å². The zero-order valence-corrected chi connectivity index (χ0v) is 6.66. The van der Waals surface area contributed by atoms with Gasteiger partial charge in [-0.2, -0.15) is 0 Å². The molecule has 60 valence electrons. The van der Waals surface area contributed by atoms with E-state index in [1.807, 2.05) is 6.07 Å². The van der Waals surface area contributed by atoms with Crippen LogP contribution in [-0.4, -0.2) is 5.11 Å². The highest BCUT2D eigenvalue weighted by atomic mass is 16.3. The van der Waals surface area contributed by atoms with Crippen LogP contribution in [-0.2, 0) is 0 Å².